The number of hydrogen-bond acceptors (Lipinski definition) is 3. The summed E-state index contributed by atoms with van der Waals surface area (Å²) in [5.41, 5.74) is 1.37. The number of amides is 1. The number of rotatable bonds is 2. The van der Waals surface area contributed by atoms with Gasteiger partial charge in [-0.25, -0.2) is 0 Å². The van der Waals surface area contributed by atoms with E-state index in [9.17, 15) is 4.79 Å². The second-order valence-corrected chi connectivity index (χ2v) is 5.82. The van der Waals surface area contributed by atoms with Crippen LogP contribution >= 0.6 is 0 Å². The fraction of sp³-hybridized carbons (Fsp3) is 0.600. The largest absolute Gasteiger partial charge is 0.351 e. The summed E-state index contributed by atoms with van der Waals surface area (Å²) in [5, 5.41) is 3.22. The number of hydrogen-bond donors (Lipinski definition) is 1. The molecule has 1 aromatic heterocycles. The highest BCUT2D eigenvalue weighted by molar-refractivity contribution is 5.79. The Bertz CT molecular complexity index is 448. The lowest BCUT2D eigenvalue weighted by atomic mass is 9.89. The quantitative estimate of drug-likeness (QED) is 0.879. The number of likely N-dealkylation sites (tertiary alicyclic amines) is 1. The van der Waals surface area contributed by atoms with Gasteiger partial charge >= 0.3 is 0 Å². The Morgan fingerprint density at radius 1 is 1.32 bits per heavy atom. The summed E-state index contributed by atoms with van der Waals surface area (Å²) in [6, 6.07) is 4.12. The van der Waals surface area contributed by atoms with Crippen LogP contribution < -0.4 is 5.32 Å². The molecule has 0 unspecified atom stereocenters. The average molecular weight is 259 g/mol. The van der Waals surface area contributed by atoms with Gasteiger partial charge in [-0.1, -0.05) is 6.07 Å². The first-order valence-corrected chi connectivity index (χ1v) is 7.18. The van der Waals surface area contributed by atoms with Crippen molar-refractivity contribution in [1.29, 1.82) is 0 Å². The van der Waals surface area contributed by atoms with Gasteiger partial charge < -0.3 is 5.32 Å². The molecule has 1 amide bonds. The van der Waals surface area contributed by atoms with Gasteiger partial charge in [0.1, 0.15) is 0 Å². The molecule has 1 spiro atoms. The Morgan fingerprint density at radius 2 is 2.26 bits per heavy atom. The SMILES string of the molecule is O=C1CC[C@]2(CCCN(Cc3cccnc3)CC2)N1. The highest BCUT2D eigenvalue weighted by Crippen LogP contribution is 2.31. The molecule has 1 atom stereocenters. The summed E-state index contributed by atoms with van der Waals surface area (Å²) in [6.45, 7) is 3.15. The maximum atomic E-state index is 11.5. The number of nitrogens with zero attached hydrogens (tertiary/aromatic N) is 2. The fourth-order valence-corrected chi connectivity index (χ4v) is 3.31. The molecule has 2 aliphatic rings. The lowest BCUT2D eigenvalue weighted by Gasteiger charge is -2.27. The molecule has 3 heterocycles. The van der Waals surface area contributed by atoms with E-state index in [-0.39, 0.29) is 11.4 Å². The topological polar surface area (TPSA) is 45.2 Å². The highest BCUT2D eigenvalue weighted by Gasteiger charge is 2.38. The van der Waals surface area contributed by atoms with Gasteiger partial charge in [-0.2, -0.15) is 0 Å². The maximum Gasteiger partial charge on any atom is 0.220 e. The monoisotopic (exact) mass is 259 g/mol. The van der Waals surface area contributed by atoms with Crippen molar-refractivity contribution in [3.63, 3.8) is 0 Å². The standard InChI is InChI=1S/C15H21N3O/c19-14-4-6-15(17-14)5-2-9-18(10-7-15)12-13-3-1-8-16-11-13/h1,3,8,11H,2,4-7,9-10,12H2,(H,17,19)/t15-/m0/s1. The number of carbonyl (C=O) groups excluding carboxylic acids is 1. The molecule has 4 heteroatoms. The first kappa shape index (κ1) is 12.6. The predicted molar refractivity (Wildman–Crippen MR) is 73.5 cm³/mol. The van der Waals surface area contributed by atoms with E-state index < -0.39 is 0 Å². The number of nitrogens with one attached hydrogen (secondary N) is 1. The van der Waals surface area contributed by atoms with Crippen LogP contribution in [0.15, 0.2) is 24.5 Å². The third kappa shape index (κ3) is 2.95. The van der Waals surface area contributed by atoms with Crippen LogP contribution in [-0.4, -0.2) is 34.4 Å². The van der Waals surface area contributed by atoms with Crippen molar-refractivity contribution in [1.82, 2.24) is 15.2 Å². The minimum absolute atomic E-state index is 0.0980. The zero-order valence-electron chi connectivity index (χ0n) is 11.3. The summed E-state index contributed by atoms with van der Waals surface area (Å²) in [6.07, 6.45) is 8.87. The Morgan fingerprint density at radius 3 is 3.00 bits per heavy atom. The van der Waals surface area contributed by atoms with Crippen LogP contribution in [0, 0.1) is 0 Å². The summed E-state index contributed by atoms with van der Waals surface area (Å²) in [7, 11) is 0. The van der Waals surface area contributed by atoms with Crippen molar-refractivity contribution in [3.8, 4) is 0 Å². The second kappa shape index (κ2) is 5.29. The normalized spacial score (nSPS) is 28.3. The van der Waals surface area contributed by atoms with Crippen LogP contribution in [0.3, 0.4) is 0 Å². The van der Waals surface area contributed by atoms with Gasteiger partial charge in [-0.15, -0.1) is 0 Å². The number of pyridine rings is 1. The summed E-state index contributed by atoms with van der Waals surface area (Å²) in [5.74, 6) is 0.237. The first-order valence-electron chi connectivity index (χ1n) is 7.18. The molecule has 102 valence electrons. The van der Waals surface area contributed by atoms with Gasteiger partial charge in [-0.3, -0.25) is 14.7 Å². The molecule has 0 aromatic carbocycles. The van der Waals surface area contributed by atoms with E-state index in [2.05, 4.69) is 21.3 Å². The second-order valence-electron chi connectivity index (χ2n) is 5.82. The summed E-state index contributed by atoms with van der Waals surface area (Å²) < 4.78 is 0. The number of carbonyl (C=O) groups is 1. The zero-order valence-corrected chi connectivity index (χ0v) is 11.3. The van der Waals surface area contributed by atoms with E-state index in [1.165, 1.54) is 12.0 Å². The van der Waals surface area contributed by atoms with Gasteiger partial charge in [0.05, 0.1) is 0 Å². The molecular weight excluding hydrogens is 238 g/mol. The van der Waals surface area contributed by atoms with Gasteiger partial charge in [0.2, 0.25) is 5.91 Å². The van der Waals surface area contributed by atoms with E-state index in [1.54, 1.807) is 0 Å². The van der Waals surface area contributed by atoms with Crippen LogP contribution in [-0.2, 0) is 11.3 Å². The minimum atomic E-state index is 0.0980. The van der Waals surface area contributed by atoms with Crippen molar-refractivity contribution < 1.29 is 4.79 Å². The smallest absolute Gasteiger partial charge is 0.220 e. The van der Waals surface area contributed by atoms with E-state index in [0.717, 1.165) is 38.9 Å². The third-order valence-corrected chi connectivity index (χ3v) is 4.40. The van der Waals surface area contributed by atoms with E-state index in [4.69, 9.17) is 0 Å². The zero-order chi connectivity index (χ0) is 13.1. The fourth-order valence-electron chi connectivity index (χ4n) is 3.31. The van der Waals surface area contributed by atoms with E-state index in [0.29, 0.717) is 6.42 Å². The Hall–Kier alpha value is -1.42. The van der Waals surface area contributed by atoms with Gasteiger partial charge in [0, 0.05) is 37.4 Å². The predicted octanol–water partition coefficient (Wildman–Crippen LogP) is 1.72. The van der Waals surface area contributed by atoms with Crippen molar-refractivity contribution in [2.45, 2.75) is 44.2 Å². The molecule has 0 bridgehead atoms. The summed E-state index contributed by atoms with van der Waals surface area (Å²) >= 11 is 0. The Labute approximate surface area is 114 Å². The maximum absolute atomic E-state index is 11.5. The minimum Gasteiger partial charge on any atom is -0.351 e. The van der Waals surface area contributed by atoms with Crippen molar-refractivity contribution in [2.24, 2.45) is 0 Å². The van der Waals surface area contributed by atoms with E-state index in [1.807, 2.05) is 18.5 Å². The van der Waals surface area contributed by atoms with Gasteiger partial charge in [-0.05, 0) is 43.9 Å². The lowest BCUT2D eigenvalue weighted by Crippen LogP contribution is -2.42. The summed E-state index contributed by atoms with van der Waals surface area (Å²) in [4.78, 5) is 18.1. The van der Waals surface area contributed by atoms with Crippen molar-refractivity contribution >= 4 is 5.91 Å². The third-order valence-electron chi connectivity index (χ3n) is 4.40. The average Bonchev–Trinajstić information content (AvgIpc) is 2.67. The van der Waals surface area contributed by atoms with E-state index >= 15 is 0 Å². The molecule has 0 aliphatic carbocycles. The molecule has 2 aliphatic heterocycles. The van der Waals surface area contributed by atoms with Crippen LogP contribution in [0.2, 0.25) is 0 Å². The molecule has 19 heavy (non-hydrogen) atoms. The lowest BCUT2D eigenvalue weighted by molar-refractivity contribution is -0.119. The molecule has 2 saturated heterocycles. The molecule has 3 rings (SSSR count). The first-order chi connectivity index (χ1) is 9.26. The molecular formula is C15H21N3O. The van der Waals surface area contributed by atoms with Gasteiger partial charge in [0.25, 0.3) is 0 Å². The van der Waals surface area contributed by atoms with Crippen LogP contribution in [0.25, 0.3) is 0 Å². The van der Waals surface area contributed by atoms with Crippen LogP contribution in [0.5, 0.6) is 0 Å². The van der Waals surface area contributed by atoms with Crippen molar-refractivity contribution in [3.05, 3.63) is 30.1 Å². The molecule has 0 radical (unpaired) electrons. The molecule has 4 nitrogen and oxygen atoms in total. The highest BCUT2D eigenvalue weighted by atomic mass is 16.2. The molecule has 2 fully saturated rings. The molecule has 1 N–H and O–H groups in total. The Balaban J connectivity index is 1.60. The van der Waals surface area contributed by atoms with Gasteiger partial charge in [0.15, 0.2) is 0 Å². The van der Waals surface area contributed by atoms with Crippen LogP contribution in [0.4, 0.5) is 0 Å². The molecule has 0 saturated carbocycles. The Kier molecular flexibility index (Phi) is 3.51. The van der Waals surface area contributed by atoms with Crippen LogP contribution in [0.1, 0.15) is 37.7 Å². The number of aromatic nitrogens is 1. The molecule has 1 aromatic rings. The van der Waals surface area contributed by atoms with Crippen molar-refractivity contribution in [2.75, 3.05) is 13.1 Å².